The van der Waals surface area contributed by atoms with Crippen LogP contribution in [0.4, 0.5) is 0 Å². The molecule has 4 nitrogen and oxygen atoms in total. The summed E-state index contributed by atoms with van der Waals surface area (Å²) >= 11 is 0. The molecule has 1 atom stereocenters. The number of aliphatic hydroxyl groups excluding tert-OH is 1. The molecule has 4 heteroatoms. The summed E-state index contributed by atoms with van der Waals surface area (Å²) in [6.45, 7) is 1.73. The molecule has 0 amide bonds. The molecule has 0 aliphatic heterocycles. The summed E-state index contributed by atoms with van der Waals surface area (Å²) in [6, 6.07) is 11.6. The van der Waals surface area contributed by atoms with Gasteiger partial charge in [0.05, 0.1) is 17.8 Å². The minimum atomic E-state index is -0.573. The molecule has 18 heavy (non-hydrogen) atoms. The van der Waals surface area contributed by atoms with E-state index in [4.69, 9.17) is 0 Å². The van der Waals surface area contributed by atoms with Crippen molar-refractivity contribution in [1.29, 1.82) is 0 Å². The van der Waals surface area contributed by atoms with Crippen molar-refractivity contribution in [2.45, 2.75) is 13.0 Å². The Kier molecular flexibility index (Phi) is 2.57. The molecule has 0 radical (unpaired) electrons. The van der Waals surface area contributed by atoms with Gasteiger partial charge in [-0.15, -0.1) is 0 Å². The van der Waals surface area contributed by atoms with Gasteiger partial charge in [0, 0.05) is 17.1 Å². The predicted molar refractivity (Wildman–Crippen MR) is 69.5 cm³/mol. The van der Waals surface area contributed by atoms with Crippen LogP contribution in [-0.4, -0.2) is 19.9 Å². The highest BCUT2D eigenvalue weighted by Gasteiger charge is 2.13. The first-order valence-electron chi connectivity index (χ1n) is 5.83. The Bertz CT molecular complexity index is 688. The van der Waals surface area contributed by atoms with E-state index >= 15 is 0 Å². The van der Waals surface area contributed by atoms with E-state index in [9.17, 15) is 5.11 Å². The SMILES string of the molecule is C[C@H](O)c1cccnc1-n1ncc2ccccc21. The molecule has 0 spiro atoms. The van der Waals surface area contributed by atoms with Crippen molar-refractivity contribution in [1.82, 2.24) is 14.8 Å². The van der Waals surface area contributed by atoms with E-state index in [1.165, 1.54) is 0 Å². The minimum absolute atomic E-state index is 0.573. The summed E-state index contributed by atoms with van der Waals surface area (Å²) in [4.78, 5) is 4.33. The normalized spacial score (nSPS) is 12.8. The van der Waals surface area contributed by atoms with E-state index < -0.39 is 6.10 Å². The quantitative estimate of drug-likeness (QED) is 0.747. The molecular formula is C14H13N3O. The maximum Gasteiger partial charge on any atom is 0.159 e. The lowest BCUT2D eigenvalue weighted by molar-refractivity contribution is 0.198. The van der Waals surface area contributed by atoms with Gasteiger partial charge in [0.2, 0.25) is 0 Å². The highest BCUT2D eigenvalue weighted by molar-refractivity contribution is 5.80. The molecule has 2 heterocycles. The molecule has 1 N–H and O–H groups in total. The van der Waals surface area contributed by atoms with Crippen LogP contribution in [0.5, 0.6) is 0 Å². The number of nitrogens with zero attached hydrogens (tertiary/aromatic N) is 3. The van der Waals surface area contributed by atoms with Crippen molar-refractivity contribution < 1.29 is 5.11 Å². The number of fused-ring (bicyclic) bond motifs is 1. The zero-order valence-corrected chi connectivity index (χ0v) is 9.99. The van der Waals surface area contributed by atoms with Gasteiger partial charge < -0.3 is 5.11 Å². The van der Waals surface area contributed by atoms with Crippen molar-refractivity contribution >= 4 is 10.9 Å². The smallest absolute Gasteiger partial charge is 0.159 e. The molecule has 2 aromatic heterocycles. The lowest BCUT2D eigenvalue weighted by Crippen LogP contribution is -2.06. The van der Waals surface area contributed by atoms with Gasteiger partial charge in [-0.3, -0.25) is 0 Å². The number of rotatable bonds is 2. The van der Waals surface area contributed by atoms with Gasteiger partial charge in [0.1, 0.15) is 0 Å². The van der Waals surface area contributed by atoms with Crippen molar-refractivity contribution in [3.8, 4) is 5.82 Å². The van der Waals surface area contributed by atoms with Crippen LogP contribution in [-0.2, 0) is 0 Å². The maximum absolute atomic E-state index is 9.79. The third-order valence-electron chi connectivity index (χ3n) is 2.94. The van der Waals surface area contributed by atoms with Crippen LogP contribution in [0.15, 0.2) is 48.8 Å². The summed E-state index contributed by atoms with van der Waals surface area (Å²) < 4.78 is 1.76. The Morgan fingerprint density at radius 2 is 2.00 bits per heavy atom. The second kappa shape index (κ2) is 4.23. The highest BCUT2D eigenvalue weighted by Crippen LogP contribution is 2.22. The van der Waals surface area contributed by atoms with Crippen LogP contribution in [0.25, 0.3) is 16.7 Å². The zero-order valence-electron chi connectivity index (χ0n) is 9.99. The van der Waals surface area contributed by atoms with E-state index in [0.29, 0.717) is 5.82 Å². The van der Waals surface area contributed by atoms with Gasteiger partial charge in [-0.05, 0) is 19.1 Å². The standard InChI is InChI=1S/C14H13N3O/c1-10(18)12-6-4-8-15-14(12)17-13-7-3-2-5-11(13)9-16-17/h2-10,18H,1H3/t10-/m0/s1. The number of aliphatic hydroxyl groups is 1. The molecule has 0 saturated carbocycles. The molecular weight excluding hydrogens is 226 g/mol. The van der Waals surface area contributed by atoms with Crippen LogP contribution in [0, 0.1) is 0 Å². The first-order chi connectivity index (χ1) is 8.77. The maximum atomic E-state index is 9.79. The second-order valence-corrected chi connectivity index (χ2v) is 4.21. The fourth-order valence-electron chi connectivity index (χ4n) is 2.05. The van der Waals surface area contributed by atoms with Crippen LogP contribution < -0.4 is 0 Å². The molecule has 0 aliphatic carbocycles. The van der Waals surface area contributed by atoms with E-state index in [0.717, 1.165) is 16.5 Å². The summed E-state index contributed by atoms with van der Waals surface area (Å²) in [7, 11) is 0. The monoisotopic (exact) mass is 239 g/mol. The van der Waals surface area contributed by atoms with Crippen LogP contribution in [0.1, 0.15) is 18.6 Å². The first-order valence-corrected chi connectivity index (χ1v) is 5.83. The fourth-order valence-corrected chi connectivity index (χ4v) is 2.05. The molecule has 0 aliphatic rings. The summed E-state index contributed by atoms with van der Waals surface area (Å²) in [5.74, 6) is 0.675. The Labute approximate surface area is 105 Å². The van der Waals surface area contributed by atoms with E-state index in [1.54, 1.807) is 24.0 Å². The lowest BCUT2D eigenvalue weighted by Gasteiger charge is -2.11. The van der Waals surface area contributed by atoms with Gasteiger partial charge in [0.25, 0.3) is 0 Å². The Morgan fingerprint density at radius 1 is 1.17 bits per heavy atom. The number of hydrogen-bond donors (Lipinski definition) is 1. The number of benzene rings is 1. The summed E-state index contributed by atoms with van der Waals surface area (Å²) in [6.07, 6.45) is 2.93. The van der Waals surface area contributed by atoms with Crippen LogP contribution >= 0.6 is 0 Å². The Morgan fingerprint density at radius 3 is 2.83 bits per heavy atom. The molecule has 3 aromatic rings. The van der Waals surface area contributed by atoms with Gasteiger partial charge >= 0.3 is 0 Å². The first kappa shape index (κ1) is 10.9. The third-order valence-corrected chi connectivity index (χ3v) is 2.94. The highest BCUT2D eigenvalue weighted by atomic mass is 16.3. The van der Waals surface area contributed by atoms with Gasteiger partial charge in [-0.25, -0.2) is 9.67 Å². The molecule has 0 saturated heterocycles. The van der Waals surface area contributed by atoms with E-state index in [1.807, 2.05) is 36.4 Å². The molecule has 1 aromatic carbocycles. The third kappa shape index (κ3) is 1.67. The Hall–Kier alpha value is -2.20. The van der Waals surface area contributed by atoms with Crippen molar-refractivity contribution in [3.63, 3.8) is 0 Å². The zero-order chi connectivity index (χ0) is 12.5. The summed E-state index contributed by atoms with van der Waals surface area (Å²) in [5, 5.41) is 15.2. The van der Waals surface area contributed by atoms with Crippen molar-refractivity contribution in [2.24, 2.45) is 0 Å². The molecule has 0 fully saturated rings. The van der Waals surface area contributed by atoms with Crippen LogP contribution in [0.2, 0.25) is 0 Å². The second-order valence-electron chi connectivity index (χ2n) is 4.21. The summed E-state index contributed by atoms with van der Waals surface area (Å²) in [5.41, 5.74) is 1.75. The number of aromatic nitrogens is 3. The Balaban J connectivity index is 2.27. The number of hydrogen-bond acceptors (Lipinski definition) is 3. The predicted octanol–water partition coefficient (Wildman–Crippen LogP) is 2.47. The average molecular weight is 239 g/mol. The van der Waals surface area contributed by atoms with Crippen LogP contribution in [0.3, 0.4) is 0 Å². The number of para-hydroxylation sites is 1. The molecule has 0 bridgehead atoms. The number of pyridine rings is 1. The van der Waals surface area contributed by atoms with Gasteiger partial charge in [0.15, 0.2) is 5.82 Å². The lowest BCUT2D eigenvalue weighted by atomic mass is 10.1. The van der Waals surface area contributed by atoms with E-state index in [-0.39, 0.29) is 0 Å². The molecule has 0 unspecified atom stereocenters. The van der Waals surface area contributed by atoms with Crippen molar-refractivity contribution in [3.05, 3.63) is 54.4 Å². The topological polar surface area (TPSA) is 50.9 Å². The van der Waals surface area contributed by atoms with Gasteiger partial charge in [-0.1, -0.05) is 24.3 Å². The minimum Gasteiger partial charge on any atom is -0.389 e. The van der Waals surface area contributed by atoms with Gasteiger partial charge in [-0.2, -0.15) is 5.10 Å². The fraction of sp³-hybridized carbons (Fsp3) is 0.143. The van der Waals surface area contributed by atoms with Crippen molar-refractivity contribution in [2.75, 3.05) is 0 Å². The van der Waals surface area contributed by atoms with E-state index in [2.05, 4.69) is 10.1 Å². The largest absolute Gasteiger partial charge is 0.389 e. The molecule has 3 rings (SSSR count). The average Bonchev–Trinajstić information content (AvgIpc) is 2.82. The molecule has 90 valence electrons.